The number of rotatable bonds is 7. The van der Waals surface area contributed by atoms with E-state index in [9.17, 15) is 14.3 Å². The lowest BCUT2D eigenvalue weighted by Crippen LogP contribution is -2.52. The SMILES string of the molecule is CC(C)C(NC1CCOCC1)C(=O)NCC(O)c1ccc(F)cc1. The molecule has 2 rings (SSSR count). The lowest BCUT2D eigenvalue weighted by molar-refractivity contribution is -0.125. The van der Waals surface area contributed by atoms with Gasteiger partial charge < -0.3 is 20.5 Å². The molecule has 1 aromatic rings. The number of benzene rings is 1. The Morgan fingerprint density at radius 1 is 1.29 bits per heavy atom. The summed E-state index contributed by atoms with van der Waals surface area (Å²) in [6.07, 6.45) is 0.939. The molecule has 6 heteroatoms. The summed E-state index contributed by atoms with van der Waals surface area (Å²) in [7, 11) is 0. The molecule has 0 bridgehead atoms. The molecular formula is C18H27FN2O3. The number of hydrogen-bond donors (Lipinski definition) is 3. The van der Waals surface area contributed by atoms with E-state index in [0.29, 0.717) is 18.8 Å². The van der Waals surface area contributed by atoms with Crippen molar-refractivity contribution in [1.82, 2.24) is 10.6 Å². The zero-order chi connectivity index (χ0) is 17.5. The van der Waals surface area contributed by atoms with Crippen LogP contribution in [0.1, 0.15) is 38.4 Å². The molecule has 1 saturated heterocycles. The van der Waals surface area contributed by atoms with Crippen LogP contribution in [0.15, 0.2) is 24.3 Å². The van der Waals surface area contributed by atoms with E-state index < -0.39 is 6.10 Å². The number of carbonyl (C=O) groups is 1. The van der Waals surface area contributed by atoms with Crippen molar-refractivity contribution in [2.24, 2.45) is 5.92 Å². The van der Waals surface area contributed by atoms with E-state index in [-0.39, 0.29) is 36.3 Å². The van der Waals surface area contributed by atoms with E-state index in [1.807, 2.05) is 13.8 Å². The summed E-state index contributed by atoms with van der Waals surface area (Å²) in [6, 6.07) is 5.60. The molecule has 5 nitrogen and oxygen atoms in total. The average molecular weight is 338 g/mol. The van der Waals surface area contributed by atoms with Crippen LogP contribution < -0.4 is 10.6 Å². The van der Waals surface area contributed by atoms with Gasteiger partial charge in [-0.25, -0.2) is 4.39 Å². The Hall–Kier alpha value is -1.50. The van der Waals surface area contributed by atoms with Gasteiger partial charge in [-0.05, 0) is 36.5 Å². The molecular weight excluding hydrogens is 311 g/mol. The first-order chi connectivity index (χ1) is 11.5. The zero-order valence-electron chi connectivity index (χ0n) is 14.3. The van der Waals surface area contributed by atoms with Crippen LogP contribution in [0.4, 0.5) is 4.39 Å². The van der Waals surface area contributed by atoms with Crippen LogP contribution in [-0.4, -0.2) is 42.9 Å². The fourth-order valence-electron chi connectivity index (χ4n) is 2.80. The Morgan fingerprint density at radius 3 is 2.50 bits per heavy atom. The van der Waals surface area contributed by atoms with Gasteiger partial charge in [0.05, 0.1) is 12.1 Å². The predicted octanol–water partition coefficient (Wildman–Crippen LogP) is 1.77. The van der Waals surface area contributed by atoms with Crippen LogP contribution in [0.5, 0.6) is 0 Å². The van der Waals surface area contributed by atoms with Crippen LogP contribution in [0, 0.1) is 11.7 Å². The predicted molar refractivity (Wildman–Crippen MR) is 90.0 cm³/mol. The standard InChI is InChI=1S/C18H27FN2O3/c1-12(2)17(21-15-7-9-24-10-8-15)18(23)20-11-16(22)13-3-5-14(19)6-4-13/h3-6,12,15-17,21-22H,7-11H2,1-2H3,(H,20,23). The molecule has 1 aliphatic heterocycles. The first kappa shape index (κ1) is 18.8. The Labute approximate surface area is 142 Å². The minimum atomic E-state index is -0.856. The van der Waals surface area contributed by atoms with E-state index >= 15 is 0 Å². The van der Waals surface area contributed by atoms with Gasteiger partial charge in [0, 0.05) is 25.8 Å². The maximum absolute atomic E-state index is 12.9. The summed E-state index contributed by atoms with van der Waals surface area (Å²) < 4.78 is 18.3. The van der Waals surface area contributed by atoms with Gasteiger partial charge >= 0.3 is 0 Å². The van der Waals surface area contributed by atoms with Gasteiger partial charge in [-0.3, -0.25) is 4.79 Å². The molecule has 0 spiro atoms. The fourth-order valence-corrected chi connectivity index (χ4v) is 2.80. The third kappa shape index (κ3) is 5.54. The van der Waals surface area contributed by atoms with E-state index in [0.717, 1.165) is 12.8 Å². The molecule has 1 heterocycles. The zero-order valence-corrected chi connectivity index (χ0v) is 14.3. The molecule has 24 heavy (non-hydrogen) atoms. The van der Waals surface area contributed by atoms with Gasteiger partial charge in [-0.2, -0.15) is 0 Å². The summed E-state index contributed by atoms with van der Waals surface area (Å²) in [4.78, 5) is 12.5. The highest BCUT2D eigenvalue weighted by atomic mass is 19.1. The lowest BCUT2D eigenvalue weighted by Gasteiger charge is -2.30. The quantitative estimate of drug-likeness (QED) is 0.709. The number of carbonyl (C=O) groups excluding carboxylic acids is 1. The Balaban J connectivity index is 1.86. The fraction of sp³-hybridized carbons (Fsp3) is 0.611. The van der Waals surface area contributed by atoms with Crippen LogP contribution in [-0.2, 0) is 9.53 Å². The van der Waals surface area contributed by atoms with Crippen molar-refractivity contribution in [2.75, 3.05) is 19.8 Å². The van der Waals surface area contributed by atoms with Gasteiger partial charge in [0.1, 0.15) is 5.82 Å². The third-order valence-electron chi connectivity index (χ3n) is 4.31. The molecule has 134 valence electrons. The van der Waals surface area contributed by atoms with Crippen molar-refractivity contribution in [3.8, 4) is 0 Å². The maximum Gasteiger partial charge on any atom is 0.237 e. The molecule has 0 radical (unpaired) electrons. The Morgan fingerprint density at radius 2 is 1.92 bits per heavy atom. The molecule has 1 aliphatic rings. The topological polar surface area (TPSA) is 70.6 Å². The van der Waals surface area contributed by atoms with Crippen LogP contribution in [0.3, 0.4) is 0 Å². The highest BCUT2D eigenvalue weighted by Crippen LogP contribution is 2.14. The second-order valence-electron chi connectivity index (χ2n) is 6.59. The highest BCUT2D eigenvalue weighted by Gasteiger charge is 2.26. The van der Waals surface area contributed by atoms with E-state index in [1.165, 1.54) is 24.3 Å². The van der Waals surface area contributed by atoms with Crippen LogP contribution in [0.25, 0.3) is 0 Å². The largest absolute Gasteiger partial charge is 0.387 e. The van der Waals surface area contributed by atoms with E-state index in [1.54, 1.807) is 0 Å². The van der Waals surface area contributed by atoms with Crippen LogP contribution >= 0.6 is 0 Å². The monoisotopic (exact) mass is 338 g/mol. The van der Waals surface area contributed by atoms with Crippen molar-refractivity contribution in [2.45, 2.75) is 44.9 Å². The van der Waals surface area contributed by atoms with Crippen molar-refractivity contribution < 1.29 is 19.0 Å². The average Bonchev–Trinajstić information content (AvgIpc) is 2.58. The number of aliphatic hydroxyl groups excluding tert-OH is 1. The first-order valence-electron chi connectivity index (χ1n) is 8.52. The molecule has 2 atom stereocenters. The van der Waals surface area contributed by atoms with Crippen molar-refractivity contribution in [3.05, 3.63) is 35.6 Å². The van der Waals surface area contributed by atoms with Gasteiger partial charge in [-0.1, -0.05) is 26.0 Å². The molecule has 0 aromatic heterocycles. The van der Waals surface area contributed by atoms with Gasteiger partial charge in [0.2, 0.25) is 5.91 Å². The summed E-state index contributed by atoms with van der Waals surface area (Å²) in [5.41, 5.74) is 0.579. The maximum atomic E-state index is 12.9. The Bertz CT molecular complexity index is 516. The van der Waals surface area contributed by atoms with Gasteiger partial charge in [0.25, 0.3) is 0 Å². The first-order valence-corrected chi connectivity index (χ1v) is 8.52. The molecule has 0 aliphatic carbocycles. The number of hydrogen-bond acceptors (Lipinski definition) is 4. The minimum Gasteiger partial charge on any atom is -0.387 e. The summed E-state index contributed by atoms with van der Waals surface area (Å²) in [5, 5.41) is 16.3. The molecule has 2 unspecified atom stereocenters. The van der Waals surface area contributed by atoms with Crippen molar-refractivity contribution >= 4 is 5.91 Å². The van der Waals surface area contributed by atoms with Crippen molar-refractivity contribution in [3.63, 3.8) is 0 Å². The molecule has 3 N–H and O–H groups in total. The minimum absolute atomic E-state index is 0.100. The highest BCUT2D eigenvalue weighted by molar-refractivity contribution is 5.82. The number of amides is 1. The second-order valence-corrected chi connectivity index (χ2v) is 6.59. The Kier molecular flexibility index (Phi) is 7.15. The molecule has 1 aromatic carbocycles. The summed E-state index contributed by atoms with van der Waals surface area (Å²) in [6.45, 7) is 5.52. The summed E-state index contributed by atoms with van der Waals surface area (Å²) in [5.74, 6) is -0.344. The number of halogens is 1. The van der Waals surface area contributed by atoms with E-state index in [2.05, 4.69) is 10.6 Å². The molecule has 1 fully saturated rings. The lowest BCUT2D eigenvalue weighted by atomic mass is 9.99. The van der Waals surface area contributed by atoms with Crippen molar-refractivity contribution in [1.29, 1.82) is 0 Å². The van der Waals surface area contributed by atoms with Gasteiger partial charge in [-0.15, -0.1) is 0 Å². The smallest absolute Gasteiger partial charge is 0.237 e. The second kappa shape index (κ2) is 9.11. The summed E-state index contributed by atoms with van der Waals surface area (Å²) >= 11 is 0. The molecule has 0 saturated carbocycles. The molecule has 1 amide bonds. The number of aliphatic hydroxyl groups is 1. The normalized spacial score (nSPS) is 18.4. The van der Waals surface area contributed by atoms with E-state index in [4.69, 9.17) is 4.74 Å². The third-order valence-corrected chi connectivity index (χ3v) is 4.31. The van der Waals surface area contributed by atoms with Gasteiger partial charge in [0.15, 0.2) is 0 Å². The number of nitrogens with one attached hydrogen (secondary N) is 2. The number of ether oxygens (including phenoxy) is 1. The van der Waals surface area contributed by atoms with Crippen LogP contribution in [0.2, 0.25) is 0 Å².